The van der Waals surface area contributed by atoms with Crippen molar-refractivity contribution >= 4 is 5.78 Å². The van der Waals surface area contributed by atoms with Crippen molar-refractivity contribution in [3.05, 3.63) is 86.9 Å². The molecule has 0 saturated heterocycles. The topological polar surface area (TPSA) is 78.6 Å². The molecule has 0 aliphatic rings. The van der Waals surface area contributed by atoms with E-state index in [1.807, 2.05) is 58.9 Å². The quantitative estimate of drug-likeness (QED) is 0.643. The normalized spacial score (nSPS) is 9.46. The number of H-pyrrole nitrogens is 2. The second-order valence-corrected chi connectivity index (χ2v) is 6.10. The molecule has 0 unspecified atom stereocenters. The van der Waals surface area contributed by atoms with Gasteiger partial charge in [0.2, 0.25) is 5.56 Å². The molecule has 0 saturated carbocycles. The van der Waals surface area contributed by atoms with Crippen LogP contribution < -0.4 is 5.56 Å². The molecule has 0 radical (unpaired) electrons. The van der Waals surface area contributed by atoms with Crippen molar-refractivity contribution < 1.29 is 4.79 Å². The van der Waals surface area contributed by atoms with Gasteiger partial charge in [0.1, 0.15) is 0 Å². The Morgan fingerprint density at radius 3 is 1.85 bits per heavy atom. The van der Waals surface area contributed by atoms with E-state index >= 15 is 0 Å². The molecule has 0 aliphatic heterocycles. The molecule has 0 bridgehead atoms. The first-order valence-electron chi connectivity index (χ1n) is 8.42. The van der Waals surface area contributed by atoms with Crippen molar-refractivity contribution in [1.82, 2.24) is 15.0 Å². The molecule has 0 aliphatic carbocycles. The Kier molecular flexibility index (Phi) is 8.22. The van der Waals surface area contributed by atoms with E-state index in [1.54, 1.807) is 19.2 Å². The van der Waals surface area contributed by atoms with E-state index in [-0.39, 0.29) is 11.3 Å². The van der Waals surface area contributed by atoms with Gasteiger partial charge in [-0.3, -0.25) is 14.6 Å². The lowest BCUT2D eigenvalue weighted by atomic mass is 10.1. The fraction of sp³-hybridized carbons (Fsp3) is 0.286. The lowest BCUT2D eigenvalue weighted by Gasteiger charge is -1.93. The second kappa shape index (κ2) is 10.1. The second-order valence-electron chi connectivity index (χ2n) is 6.10. The Labute approximate surface area is 154 Å². The van der Waals surface area contributed by atoms with Crippen molar-refractivity contribution in [2.75, 3.05) is 0 Å². The standard InChI is InChI=1S/C9H13NO.C6H7NO.C6H7N/c1-5-6(2)10-7(3)9(5)8(4)11;1-5-3-2-4-6(8)7-5;1-6-4-2-3-5-7-6/h10H,1-4H3;2-4H,1H3,(H,7,8);2-5H,1H3. The fourth-order valence-corrected chi connectivity index (χ4v) is 2.44. The Bertz CT molecular complexity index is 893. The third-order valence-electron chi connectivity index (χ3n) is 3.77. The van der Waals surface area contributed by atoms with Gasteiger partial charge in [0.05, 0.1) is 0 Å². The summed E-state index contributed by atoms with van der Waals surface area (Å²) in [6.07, 6.45) is 1.79. The van der Waals surface area contributed by atoms with E-state index in [0.717, 1.165) is 33.9 Å². The third kappa shape index (κ3) is 6.89. The van der Waals surface area contributed by atoms with Crippen molar-refractivity contribution in [3.8, 4) is 0 Å². The van der Waals surface area contributed by atoms with Crippen LogP contribution in [0.3, 0.4) is 0 Å². The van der Waals surface area contributed by atoms with Crippen LogP contribution in [0.5, 0.6) is 0 Å². The molecule has 5 heteroatoms. The van der Waals surface area contributed by atoms with E-state index in [0.29, 0.717) is 0 Å². The van der Waals surface area contributed by atoms with Gasteiger partial charge >= 0.3 is 0 Å². The predicted octanol–water partition coefficient (Wildman–Crippen LogP) is 4.22. The van der Waals surface area contributed by atoms with Gasteiger partial charge in [-0.25, -0.2) is 0 Å². The monoisotopic (exact) mass is 353 g/mol. The molecule has 3 aromatic heterocycles. The number of rotatable bonds is 1. The number of aromatic amines is 2. The summed E-state index contributed by atoms with van der Waals surface area (Å²) < 4.78 is 0. The molecule has 2 N–H and O–H groups in total. The van der Waals surface area contributed by atoms with Gasteiger partial charge in [0, 0.05) is 40.6 Å². The Hall–Kier alpha value is -2.95. The number of carbonyl (C=O) groups excluding carboxylic acids is 1. The number of pyridine rings is 2. The maximum atomic E-state index is 11.1. The summed E-state index contributed by atoms with van der Waals surface area (Å²) in [7, 11) is 0. The number of aryl methyl sites for hydroxylation is 4. The summed E-state index contributed by atoms with van der Waals surface area (Å²) in [5.74, 6) is 0.143. The first kappa shape index (κ1) is 21.1. The third-order valence-corrected chi connectivity index (χ3v) is 3.77. The number of aromatic nitrogens is 3. The van der Waals surface area contributed by atoms with Gasteiger partial charge in [-0.15, -0.1) is 0 Å². The highest BCUT2D eigenvalue weighted by Crippen LogP contribution is 2.16. The maximum Gasteiger partial charge on any atom is 0.248 e. The lowest BCUT2D eigenvalue weighted by Crippen LogP contribution is -2.02. The molecule has 3 rings (SSSR count). The zero-order chi connectivity index (χ0) is 19.7. The van der Waals surface area contributed by atoms with E-state index < -0.39 is 0 Å². The number of Topliss-reactive ketones (excluding diaryl/α,β-unsaturated/α-hetero) is 1. The highest BCUT2D eigenvalue weighted by molar-refractivity contribution is 5.97. The van der Waals surface area contributed by atoms with Crippen LogP contribution in [-0.2, 0) is 0 Å². The predicted molar refractivity (Wildman–Crippen MR) is 106 cm³/mol. The molecule has 5 nitrogen and oxygen atoms in total. The number of hydrogen-bond donors (Lipinski definition) is 2. The molecule has 3 heterocycles. The molecule has 138 valence electrons. The van der Waals surface area contributed by atoms with Gasteiger partial charge in [-0.05, 0) is 65.3 Å². The minimum atomic E-state index is -0.0370. The first-order valence-corrected chi connectivity index (χ1v) is 8.42. The minimum Gasteiger partial charge on any atom is -0.362 e. The maximum absolute atomic E-state index is 11.1. The summed E-state index contributed by atoms with van der Waals surface area (Å²) in [6.45, 7) is 11.3. The van der Waals surface area contributed by atoms with Gasteiger partial charge in [-0.2, -0.15) is 0 Å². The zero-order valence-corrected chi connectivity index (χ0v) is 16.3. The zero-order valence-electron chi connectivity index (χ0n) is 16.3. The van der Waals surface area contributed by atoms with Crippen LogP contribution in [0.4, 0.5) is 0 Å². The SMILES string of the molecule is CC(=O)c1c(C)[nH]c(C)c1C.Cc1cccc(=O)[nH]1.Cc1ccccn1. The summed E-state index contributed by atoms with van der Waals surface area (Å²) in [6, 6.07) is 10.9. The van der Waals surface area contributed by atoms with E-state index in [4.69, 9.17) is 0 Å². The van der Waals surface area contributed by atoms with Gasteiger partial charge in [-0.1, -0.05) is 12.1 Å². The van der Waals surface area contributed by atoms with E-state index in [2.05, 4.69) is 15.0 Å². The Morgan fingerprint density at radius 1 is 0.885 bits per heavy atom. The van der Waals surface area contributed by atoms with Crippen molar-refractivity contribution in [2.45, 2.75) is 41.5 Å². The number of carbonyl (C=O) groups is 1. The smallest absolute Gasteiger partial charge is 0.248 e. The van der Waals surface area contributed by atoms with Crippen LogP contribution in [0.25, 0.3) is 0 Å². The summed E-state index contributed by atoms with van der Waals surface area (Å²) in [4.78, 5) is 31.2. The van der Waals surface area contributed by atoms with Crippen LogP contribution in [0.2, 0.25) is 0 Å². The highest BCUT2D eigenvalue weighted by Gasteiger charge is 2.11. The molecule has 0 fully saturated rings. The molecule has 0 atom stereocenters. The summed E-state index contributed by atoms with van der Waals surface area (Å²) in [5, 5.41) is 0. The van der Waals surface area contributed by atoms with E-state index in [9.17, 15) is 9.59 Å². The van der Waals surface area contributed by atoms with E-state index in [1.165, 1.54) is 6.07 Å². The van der Waals surface area contributed by atoms with Gasteiger partial charge in [0.15, 0.2) is 5.78 Å². The molecule has 0 aromatic carbocycles. The first-order chi connectivity index (χ1) is 12.2. The van der Waals surface area contributed by atoms with Crippen molar-refractivity contribution in [2.24, 2.45) is 0 Å². The van der Waals surface area contributed by atoms with Crippen molar-refractivity contribution in [1.29, 1.82) is 0 Å². The van der Waals surface area contributed by atoms with Crippen LogP contribution in [-0.4, -0.2) is 20.7 Å². The average molecular weight is 353 g/mol. The van der Waals surface area contributed by atoms with Crippen LogP contribution in [0.1, 0.15) is 45.6 Å². The number of hydrogen-bond acceptors (Lipinski definition) is 3. The van der Waals surface area contributed by atoms with Gasteiger partial charge in [0.25, 0.3) is 0 Å². The molecule has 26 heavy (non-hydrogen) atoms. The fourth-order valence-electron chi connectivity index (χ4n) is 2.44. The molecule has 3 aromatic rings. The Morgan fingerprint density at radius 2 is 1.58 bits per heavy atom. The minimum absolute atomic E-state index is 0.0370. The van der Waals surface area contributed by atoms with Crippen LogP contribution in [0.15, 0.2) is 47.4 Å². The lowest BCUT2D eigenvalue weighted by molar-refractivity contribution is 0.101. The number of nitrogens with zero attached hydrogens (tertiary/aromatic N) is 1. The molecule has 0 spiro atoms. The van der Waals surface area contributed by atoms with Crippen molar-refractivity contribution in [3.63, 3.8) is 0 Å². The van der Waals surface area contributed by atoms with Gasteiger partial charge < -0.3 is 9.97 Å². The summed E-state index contributed by atoms with van der Waals surface area (Å²) in [5.41, 5.74) is 5.93. The van der Waals surface area contributed by atoms with Crippen LogP contribution in [0, 0.1) is 34.6 Å². The van der Waals surface area contributed by atoms with Crippen LogP contribution >= 0.6 is 0 Å². The summed E-state index contributed by atoms with van der Waals surface area (Å²) >= 11 is 0. The molecular weight excluding hydrogens is 326 g/mol. The molecular formula is C21H27N3O2. The average Bonchev–Trinajstić information content (AvgIpc) is 2.81. The highest BCUT2D eigenvalue weighted by atomic mass is 16.1. The molecule has 0 amide bonds. The number of nitrogens with one attached hydrogen (secondary N) is 2. The number of ketones is 1. The largest absolute Gasteiger partial charge is 0.362 e. The Balaban J connectivity index is 0.000000201.